The van der Waals surface area contributed by atoms with Crippen LogP contribution in [0.2, 0.25) is 0 Å². The van der Waals surface area contributed by atoms with Crippen LogP contribution in [0.15, 0.2) is 30.3 Å². The van der Waals surface area contributed by atoms with Gasteiger partial charge in [0.25, 0.3) is 0 Å². The Hall–Kier alpha value is -2.89. The molecule has 6 nitrogen and oxygen atoms in total. The van der Waals surface area contributed by atoms with E-state index in [1.165, 1.54) is 7.11 Å². The minimum Gasteiger partial charge on any atom is -0.507 e. The van der Waals surface area contributed by atoms with E-state index >= 15 is 0 Å². The third kappa shape index (κ3) is 2.52. The van der Waals surface area contributed by atoms with Gasteiger partial charge in [-0.3, -0.25) is 4.79 Å². The number of Topliss-reactive ketones (excluding diaryl/α,β-unsaturated/α-hetero) is 1. The number of methoxy groups -OCH3 is 2. The van der Waals surface area contributed by atoms with Gasteiger partial charge in [0.1, 0.15) is 23.2 Å². The maximum Gasteiger partial charge on any atom is 0.204 e. The molecule has 0 aromatic heterocycles. The number of fused-ring (bicyclic) bond motifs is 1. The van der Waals surface area contributed by atoms with E-state index in [0.29, 0.717) is 5.75 Å². The standard InChI is InChI=1S/C17H16O6/c1-21-10-5-3-9(4-6-10)14-8-12(19)15-11(18)7-13(20)16(22-2)17(15)23-14/h3-7,14,18,20H,8H2,1-2H3. The van der Waals surface area contributed by atoms with Gasteiger partial charge in [0.15, 0.2) is 17.3 Å². The van der Waals surface area contributed by atoms with Gasteiger partial charge >= 0.3 is 0 Å². The van der Waals surface area contributed by atoms with Crippen molar-refractivity contribution in [1.29, 1.82) is 0 Å². The van der Waals surface area contributed by atoms with E-state index < -0.39 is 6.10 Å². The molecule has 6 heteroatoms. The molecule has 2 aromatic rings. The zero-order valence-electron chi connectivity index (χ0n) is 12.7. The Kier molecular flexibility index (Phi) is 3.73. The van der Waals surface area contributed by atoms with Gasteiger partial charge in [-0.1, -0.05) is 12.1 Å². The number of ketones is 1. The highest BCUT2D eigenvalue weighted by Gasteiger charge is 2.34. The molecule has 23 heavy (non-hydrogen) atoms. The summed E-state index contributed by atoms with van der Waals surface area (Å²) in [4.78, 5) is 12.4. The monoisotopic (exact) mass is 316 g/mol. The fourth-order valence-electron chi connectivity index (χ4n) is 2.65. The second-order valence-electron chi connectivity index (χ2n) is 5.16. The second-order valence-corrected chi connectivity index (χ2v) is 5.16. The van der Waals surface area contributed by atoms with Crippen LogP contribution in [0.4, 0.5) is 0 Å². The number of phenols is 2. The highest BCUT2D eigenvalue weighted by atomic mass is 16.5. The molecule has 0 aliphatic carbocycles. The number of aromatic hydroxyl groups is 2. The molecule has 1 unspecified atom stereocenters. The number of carbonyl (C=O) groups is 1. The first-order chi connectivity index (χ1) is 11.0. The summed E-state index contributed by atoms with van der Waals surface area (Å²) in [5, 5.41) is 19.8. The Morgan fingerprint density at radius 3 is 2.39 bits per heavy atom. The van der Waals surface area contributed by atoms with E-state index in [1.807, 2.05) is 0 Å². The van der Waals surface area contributed by atoms with Crippen molar-refractivity contribution in [2.24, 2.45) is 0 Å². The Balaban J connectivity index is 2.03. The third-order valence-electron chi connectivity index (χ3n) is 3.80. The Morgan fingerprint density at radius 2 is 1.78 bits per heavy atom. The van der Waals surface area contributed by atoms with Crippen LogP contribution < -0.4 is 14.2 Å². The fourth-order valence-corrected chi connectivity index (χ4v) is 2.65. The third-order valence-corrected chi connectivity index (χ3v) is 3.80. The van der Waals surface area contributed by atoms with Gasteiger partial charge < -0.3 is 24.4 Å². The lowest BCUT2D eigenvalue weighted by molar-refractivity contribution is 0.0836. The highest BCUT2D eigenvalue weighted by molar-refractivity contribution is 6.03. The van der Waals surface area contributed by atoms with Crippen molar-refractivity contribution in [1.82, 2.24) is 0 Å². The topological polar surface area (TPSA) is 85.2 Å². The van der Waals surface area contributed by atoms with E-state index in [1.54, 1.807) is 31.4 Å². The number of benzene rings is 2. The van der Waals surface area contributed by atoms with E-state index in [4.69, 9.17) is 14.2 Å². The molecule has 3 rings (SSSR count). The van der Waals surface area contributed by atoms with Gasteiger partial charge in [0.2, 0.25) is 5.75 Å². The molecule has 1 atom stereocenters. The number of carbonyl (C=O) groups excluding carboxylic acids is 1. The number of phenolic OH excluding ortho intramolecular Hbond substituents is 2. The number of hydrogen-bond acceptors (Lipinski definition) is 6. The summed E-state index contributed by atoms with van der Waals surface area (Å²) < 4.78 is 16.1. The maximum absolute atomic E-state index is 12.4. The predicted octanol–water partition coefficient (Wildman–Crippen LogP) is 2.82. The van der Waals surface area contributed by atoms with Crippen molar-refractivity contribution in [2.45, 2.75) is 12.5 Å². The van der Waals surface area contributed by atoms with Crippen LogP contribution in [0.5, 0.6) is 28.7 Å². The quantitative estimate of drug-likeness (QED) is 0.905. The first-order valence-electron chi connectivity index (χ1n) is 7.02. The summed E-state index contributed by atoms with van der Waals surface area (Å²) in [6, 6.07) is 8.23. The zero-order chi connectivity index (χ0) is 16.6. The fraction of sp³-hybridized carbons (Fsp3) is 0.235. The summed E-state index contributed by atoms with van der Waals surface area (Å²) in [7, 11) is 2.93. The molecule has 0 radical (unpaired) electrons. The molecule has 2 aromatic carbocycles. The SMILES string of the molecule is COc1ccc(C2CC(=O)c3c(O)cc(O)c(OC)c3O2)cc1. The maximum atomic E-state index is 12.4. The molecule has 0 fully saturated rings. The molecule has 0 spiro atoms. The van der Waals surface area contributed by atoms with Crippen LogP contribution in [-0.4, -0.2) is 30.2 Å². The minimum atomic E-state index is -0.531. The van der Waals surface area contributed by atoms with Gasteiger partial charge in [0, 0.05) is 6.07 Å². The number of ether oxygens (including phenoxy) is 3. The lowest BCUT2D eigenvalue weighted by atomic mass is 9.95. The lowest BCUT2D eigenvalue weighted by Crippen LogP contribution is -2.21. The molecule has 0 bridgehead atoms. The molecule has 1 aliphatic rings. The number of rotatable bonds is 3. The van der Waals surface area contributed by atoms with Crippen LogP contribution in [0, 0.1) is 0 Å². The smallest absolute Gasteiger partial charge is 0.204 e. The van der Waals surface area contributed by atoms with Crippen LogP contribution >= 0.6 is 0 Å². The van der Waals surface area contributed by atoms with Gasteiger partial charge in [-0.05, 0) is 17.7 Å². The summed E-state index contributed by atoms with van der Waals surface area (Å²) >= 11 is 0. The molecule has 1 aliphatic heterocycles. The molecule has 120 valence electrons. The van der Waals surface area contributed by atoms with Crippen LogP contribution in [0.25, 0.3) is 0 Å². The van der Waals surface area contributed by atoms with Gasteiger partial charge in [-0.25, -0.2) is 0 Å². The van der Waals surface area contributed by atoms with Crippen molar-refractivity contribution in [2.75, 3.05) is 14.2 Å². The number of hydrogen-bond donors (Lipinski definition) is 2. The van der Waals surface area contributed by atoms with Crippen LogP contribution in [-0.2, 0) is 0 Å². The molecule has 0 saturated heterocycles. The summed E-state index contributed by atoms with van der Waals surface area (Å²) in [5.74, 6) is -0.0955. The highest BCUT2D eigenvalue weighted by Crippen LogP contribution is 2.49. The molecular weight excluding hydrogens is 300 g/mol. The molecule has 0 saturated carbocycles. The van der Waals surface area contributed by atoms with Crippen molar-refractivity contribution >= 4 is 5.78 Å². The average molecular weight is 316 g/mol. The summed E-state index contributed by atoms with van der Waals surface area (Å²) in [5.41, 5.74) is 0.819. The van der Waals surface area contributed by atoms with Crippen LogP contribution in [0.1, 0.15) is 28.4 Å². The van der Waals surface area contributed by atoms with Gasteiger partial charge in [0.05, 0.1) is 20.6 Å². The molecule has 1 heterocycles. The Bertz CT molecular complexity index is 751. The van der Waals surface area contributed by atoms with E-state index in [-0.39, 0.29) is 40.8 Å². The van der Waals surface area contributed by atoms with Crippen molar-refractivity contribution in [3.05, 3.63) is 41.5 Å². The Morgan fingerprint density at radius 1 is 1.09 bits per heavy atom. The van der Waals surface area contributed by atoms with E-state index in [9.17, 15) is 15.0 Å². The summed E-state index contributed by atoms with van der Waals surface area (Å²) in [6.07, 6.45) is -0.447. The normalized spacial score (nSPS) is 16.4. The van der Waals surface area contributed by atoms with Gasteiger partial charge in [-0.2, -0.15) is 0 Å². The van der Waals surface area contributed by atoms with Crippen molar-refractivity contribution in [3.63, 3.8) is 0 Å². The van der Waals surface area contributed by atoms with Crippen LogP contribution in [0.3, 0.4) is 0 Å². The molecule has 0 amide bonds. The molecular formula is C17H16O6. The first-order valence-corrected chi connectivity index (χ1v) is 7.02. The zero-order valence-corrected chi connectivity index (χ0v) is 12.7. The second kappa shape index (κ2) is 5.72. The predicted molar refractivity (Wildman–Crippen MR) is 81.6 cm³/mol. The first kappa shape index (κ1) is 15.0. The van der Waals surface area contributed by atoms with Crippen molar-refractivity contribution < 1.29 is 29.2 Å². The Labute approximate surface area is 132 Å². The average Bonchev–Trinajstić information content (AvgIpc) is 2.54. The van der Waals surface area contributed by atoms with Crippen molar-refractivity contribution in [3.8, 4) is 28.7 Å². The largest absolute Gasteiger partial charge is 0.507 e. The summed E-state index contributed by atoms with van der Waals surface area (Å²) in [6.45, 7) is 0. The van der Waals surface area contributed by atoms with Gasteiger partial charge in [-0.15, -0.1) is 0 Å². The molecule has 2 N–H and O–H groups in total. The van der Waals surface area contributed by atoms with E-state index in [2.05, 4.69) is 0 Å². The van der Waals surface area contributed by atoms with E-state index in [0.717, 1.165) is 11.6 Å². The lowest BCUT2D eigenvalue weighted by Gasteiger charge is -2.27. The minimum absolute atomic E-state index is 0.0318.